The largest absolute Gasteiger partial charge is 0.390 e. The van der Waals surface area contributed by atoms with Crippen molar-refractivity contribution in [2.45, 2.75) is 261 Å². The molecule has 0 saturated carbocycles. The van der Waals surface area contributed by atoms with Crippen LogP contribution in [0.1, 0.15) is 188 Å². The van der Waals surface area contributed by atoms with E-state index in [9.17, 15) is 24.3 Å². The molecule has 2 aliphatic heterocycles. The molecule has 570 valence electrons. The Morgan fingerprint density at radius 1 is 0.550 bits per heavy atom. The highest BCUT2D eigenvalue weighted by Gasteiger charge is 2.45. The average Bonchev–Trinajstić information content (AvgIpc) is 0.958. The van der Waals surface area contributed by atoms with Gasteiger partial charge in [-0.15, -0.1) is 5.10 Å². The monoisotopic (exact) mass is 1410 g/mol. The lowest BCUT2D eigenvalue weighted by Crippen LogP contribution is -2.63. The summed E-state index contributed by atoms with van der Waals surface area (Å²) in [6, 6.07) is -11.4. The summed E-state index contributed by atoms with van der Waals surface area (Å²) >= 11 is 0. The van der Waals surface area contributed by atoms with Crippen molar-refractivity contribution in [1.29, 1.82) is 0 Å². The fourth-order valence-electron chi connectivity index (χ4n) is 13.5. The zero-order valence-corrected chi connectivity index (χ0v) is 64.8. The molecule has 14 atom stereocenters. The summed E-state index contributed by atoms with van der Waals surface area (Å²) in [5.41, 5.74) is 0. The lowest BCUT2D eigenvalue weighted by molar-refractivity contribution is -0.154. The molecule has 4 N–H and O–H groups in total. The minimum absolute atomic E-state index is 0.00562. The number of aryl methyl sites for hydroxylation is 1. The van der Waals surface area contributed by atoms with Crippen molar-refractivity contribution in [3.8, 4) is 0 Å². The zero-order chi connectivity index (χ0) is 75.7. The maximum absolute atomic E-state index is 15.2. The molecule has 2 fully saturated rings. The topological polar surface area (TPSA) is 316 Å². The van der Waals surface area contributed by atoms with E-state index in [0.29, 0.717) is 39.0 Å². The quantitative estimate of drug-likeness (QED) is 0.101. The molecular weight excluding hydrogens is 1280 g/mol. The molecule has 27 nitrogen and oxygen atoms in total. The number of hydrogen-bond acceptors (Lipinski definition) is 17. The molecule has 1 aromatic rings. The van der Waals surface area contributed by atoms with Crippen molar-refractivity contribution >= 4 is 64.7 Å². The van der Waals surface area contributed by atoms with Gasteiger partial charge in [-0.25, -0.2) is 0 Å². The lowest BCUT2D eigenvalue weighted by atomic mass is 9.85. The first-order valence-corrected chi connectivity index (χ1v) is 36.8. The molecule has 2 saturated heterocycles. The summed E-state index contributed by atoms with van der Waals surface area (Å²) in [5.74, 6) is -11.0. The number of aliphatic hydroxyl groups excluding tert-OH is 1. The number of aromatic nitrogens is 3. The summed E-state index contributed by atoms with van der Waals surface area (Å²) in [5, 5.41) is 28.6. The normalized spacial score (nSPS) is 26.8. The molecule has 0 bridgehead atoms. The van der Waals surface area contributed by atoms with E-state index in [1.165, 1.54) is 85.5 Å². The number of carbonyl (C=O) groups is 11. The Hall–Kier alpha value is -6.45. The first kappa shape index (κ1) is 87.8. The number of Topliss-reactive ketones (excluding diaryl/α,β-unsaturated/α-hetero) is 2. The number of ether oxygens (including phenoxy) is 2. The number of rotatable bonds is 24. The van der Waals surface area contributed by atoms with Crippen LogP contribution in [0, 0.1) is 47.3 Å². The van der Waals surface area contributed by atoms with E-state index in [2.05, 4.69) is 31.2 Å². The maximum atomic E-state index is 15.2. The van der Waals surface area contributed by atoms with Gasteiger partial charge in [0, 0.05) is 99.4 Å². The van der Waals surface area contributed by atoms with Crippen LogP contribution in [0.5, 0.6) is 0 Å². The number of morpholine rings is 1. The Morgan fingerprint density at radius 3 is 1.63 bits per heavy atom. The van der Waals surface area contributed by atoms with Crippen molar-refractivity contribution in [3.05, 3.63) is 12.4 Å². The van der Waals surface area contributed by atoms with Crippen LogP contribution in [-0.2, 0) is 68.8 Å². The number of aliphatic hydroxyl groups is 1. The van der Waals surface area contributed by atoms with Gasteiger partial charge in [0.2, 0.25) is 53.2 Å². The SMILES string of the molecule is CC[C@@H]1NC(=O)[C@H]([C@H](O)[C@H](C)CCCCCn2ccnn2)NC(=O)[C@H](C(C)C)N(C)C(=O)[C@H](CC(C)C)N(C)C(=O)[C@H](CC(C)C)N(C)C(=O)[C@@H](C)NC(=O)[C@H](C)CC(=O)[C@H](CC(C)C)N(C)C(=O)[C@H](C(C)C)CC(=O)[C@H]([C@@H](C)OCCCCN2CCOCC2)N(C)C(=O)[C@@H](C)N(C)C1=O. The van der Waals surface area contributed by atoms with Crippen LogP contribution in [-0.4, -0.2) is 267 Å². The number of nitrogens with zero attached hydrogens (tertiary/aromatic N) is 10. The molecule has 1 aromatic heterocycles. The highest BCUT2D eigenvalue weighted by Crippen LogP contribution is 2.28. The van der Waals surface area contributed by atoms with Gasteiger partial charge in [0.05, 0.1) is 37.7 Å². The van der Waals surface area contributed by atoms with E-state index in [1.54, 1.807) is 72.5 Å². The highest BCUT2D eigenvalue weighted by molar-refractivity contribution is 6.00. The van der Waals surface area contributed by atoms with Gasteiger partial charge >= 0.3 is 0 Å². The Morgan fingerprint density at radius 2 is 1.09 bits per heavy atom. The van der Waals surface area contributed by atoms with Crippen LogP contribution in [0.25, 0.3) is 0 Å². The minimum Gasteiger partial charge on any atom is -0.390 e. The molecule has 0 unspecified atom stereocenters. The first-order valence-electron chi connectivity index (χ1n) is 36.8. The number of unbranched alkanes of at least 4 members (excludes halogenated alkanes) is 3. The van der Waals surface area contributed by atoms with E-state index < -0.39 is 161 Å². The second-order valence-corrected chi connectivity index (χ2v) is 30.4. The zero-order valence-electron chi connectivity index (χ0n) is 64.8. The molecule has 3 rings (SSSR count). The second-order valence-electron chi connectivity index (χ2n) is 30.4. The molecule has 3 heterocycles. The third kappa shape index (κ3) is 25.8. The molecule has 0 radical (unpaired) electrons. The number of carbonyl (C=O) groups excluding carboxylic acids is 11. The van der Waals surface area contributed by atoms with Crippen molar-refractivity contribution in [2.24, 2.45) is 47.3 Å². The van der Waals surface area contributed by atoms with Gasteiger partial charge in [0.1, 0.15) is 48.3 Å². The molecule has 27 heteroatoms. The smallest absolute Gasteiger partial charge is 0.245 e. The Bertz CT molecular complexity index is 2800. The van der Waals surface area contributed by atoms with E-state index in [-0.39, 0.29) is 62.9 Å². The van der Waals surface area contributed by atoms with Crippen LogP contribution in [0.2, 0.25) is 0 Å². The third-order valence-electron chi connectivity index (χ3n) is 20.1. The summed E-state index contributed by atoms with van der Waals surface area (Å²) in [6.45, 7) is 32.6. The Kier molecular flexibility index (Phi) is 37.1. The predicted molar refractivity (Wildman–Crippen MR) is 382 cm³/mol. The van der Waals surface area contributed by atoms with Gasteiger partial charge < -0.3 is 59.9 Å². The molecular formula is C73H129N13O14. The first-order chi connectivity index (χ1) is 46.8. The van der Waals surface area contributed by atoms with Gasteiger partial charge in [-0.05, 0) is 114 Å². The Balaban J connectivity index is 2.28. The number of nitrogens with one attached hydrogen (secondary N) is 3. The summed E-state index contributed by atoms with van der Waals surface area (Å²) in [4.78, 5) is 174. The third-order valence-corrected chi connectivity index (χ3v) is 20.1. The second kappa shape index (κ2) is 42.2. The summed E-state index contributed by atoms with van der Waals surface area (Å²) in [6.07, 6.45) is 4.69. The molecule has 0 spiro atoms. The van der Waals surface area contributed by atoms with Gasteiger partial charge in [-0.1, -0.05) is 108 Å². The van der Waals surface area contributed by atoms with Crippen molar-refractivity contribution < 1.29 is 67.3 Å². The van der Waals surface area contributed by atoms with Crippen molar-refractivity contribution in [2.75, 3.05) is 81.7 Å². The number of hydrogen-bond donors (Lipinski definition) is 4. The lowest BCUT2D eigenvalue weighted by Gasteiger charge is -2.40. The summed E-state index contributed by atoms with van der Waals surface area (Å²) in [7, 11) is 8.73. The average molecular weight is 1410 g/mol. The highest BCUT2D eigenvalue weighted by atomic mass is 16.5. The maximum Gasteiger partial charge on any atom is 0.245 e. The van der Waals surface area contributed by atoms with Crippen LogP contribution in [0.4, 0.5) is 0 Å². The fraction of sp³-hybridized carbons (Fsp3) is 0.822. The van der Waals surface area contributed by atoms with Crippen LogP contribution < -0.4 is 16.0 Å². The minimum atomic E-state index is -1.69. The van der Waals surface area contributed by atoms with Gasteiger partial charge in [0.15, 0.2) is 11.6 Å². The number of likely N-dealkylation sites (N-methyl/N-ethyl adjacent to an activating group) is 6. The number of amides is 9. The van der Waals surface area contributed by atoms with E-state index in [0.717, 1.165) is 38.9 Å². The van der Waals surface area contributed by atoms with Crippen LogP contribution >= 0.6 is 0 Å². The van der Waals surface area contributed by atoms with E-state index >= 15 is 33.6 Å². The molecule has 100 heavy (non-hydrogen) atoms. The molecule has 0 aromatic carbocycles. The van der Waals surface area contributed by atoms with Crippen LogP contribution in [0.3, 0.4) is 0 Å². The van der Waals surface area contributed by atoms with Crippen molar-refractivity contribution in [1.82, 2.24) is 65.2 Å². The number of ketones is 2. The summed E-state index contributed by atoms with van der Waals surface area (Å²) < 4.78 is 13.6. The Labute approximate surface area is 597 Å². The van der Waals surface area contributed by atoms with Crippen LogP contribution in [0.15, 0.2) is 12.4 Å². The predicted octanol–water partition coefficient (Wildman–Crippen LogP) is 4.85. The van der Waals surface area contributed by atoms with Gasteiger partial charge in [0.25, 0.3) is 0 Å². The molecule has 0 aliphatic carbocycles. The fourth-order valence-corrected chi connectivity index (χ4v) is 13.5. The molecule has 9 amide bonds. The molecule has 2 aliphatic rings. The van der Waals surface area contributed by atoms with Gasteiger partial charge in [-0.2, -0.15) is 0 Å². The van der Waals surface area contributed by atoms with E-state index in [1.807, 2.05) is 41.5 Å². The van der Waals surface area contributed by atoms with Crippen molar-refractivity contribution in [3.63, 3.8) is 0 Å². The standard InChI is InChI=1S/C73H129N13O14/c1-23-55-71(96)79(17)52(15)69(94)84(22)63(53(16)100-36-28-27-31-85-34-37-99-38-35-85)60(88)43-54(47(8)9)70(95)80(18)56(39-44(2)3)59(87)42-50(13)65(90)75-51(14)68(93)81(19)57(40-45(4)5)72(97)82(20)58(41-46(6)7)73(98)83(21)62(48(10)11)67(92)77-61(66(91)76-55)64(89)49(12)29-25-24-26-32-86-33-30-74-78-86/h30,33,44-58,61-64,89H,23-29,31-32,34-43H2,1-22H3,(H,75,90)(H,76,91)(H,77,92)/t49-,50-,51-,52-,53-,54+,55+,56+,57+,58+,61+,62+,63+,64-/m1/s1. The van der Waals surface area contributed by atoms with E-state index in [4.69, 9.17) is 9.47 Å². The van der Waals surface area contributed by atoms with Gasteiger partial charge in [-0.3, -0.25) is 62.3 Å².